The molecule has 0 aliphatic rings. The van der Waals surface area contributed by atoms with Gasteiger partial charge < -0.3 is 4.57 Å². The summed E-state index contributed by atoms with van der Waals surface area (Å²) >= 11 is 0. The average molecular weight is 238 g/mol. The number of aromatic nitrogens is 2. The topological polar surface area (TPSA) is 17.8 Å². The van der Waals surface area contributed by atoms with Crippen LogP contribution in [-0.2, 0) is 5.54 Å². The number of hydrogen-bond donors (Lipinski definition) is 0. The van der Waals surface area contributed by atoms with Gasteiger partial charge in [-0.3, -0.25) is 0 Å². The van der Waals surface area contributed by atoms with Crippen LogP contribution in [0.5, 0.6) is 0 Å². The standard InChI is InChI=1S/C16H18N2/c1-4-16(2,3)18-14-10-6-5-8-12(14)13-9-7-11-17-15(13)18/h5-11H,4H2,1-3H3. The Kier molecular flexibility index (Phi) is 2.40. The van der Waals surface area contributed by atoms with E-state index in [2.05, 4.69) is 60.7 Å². The van der Waals surface area contributed by atoms with Crippen LogP contribution in [0.2, 0.25) is 0 Å². The van der Waals surface area contributed by atoms with Crippen molar-refractivity contribution in [2.75, 3.05) is 0 Å². The van der Waals surface area contributed by atoms with Crippen molar-refractivity contribution >= 4 is 21.9 Å². The highest BCUT2D eigenvalue weighted by molar-refractivity contribution is 6.06. The van der Waals surface area contributed by atoms with Crippen LogP contribution in [0, 0.1) is 0 Å². The van der Waals surface area contributed by atoms with Gasteiger partial charge >= 0.3 is 0 Å². The molecule has 2 nitrogen and oxygen atoms in total. The largest absolute Gasteiger partial charge is 0.320 e. The van der Waals surface area contributed by atoms with Crippen molar-refractivity contribution in [2.45, 2.75) is 32.7 Å². The van der Waals surface area contributed by atoms with E-state index in [1.807, 2.05) is 12.3 Å². The van der Waals surface area contributed by atoms with Gasteiger partial charge in [-0.1, -0.05) is 25.1 Å². The molecule has 0 fully saturated rings. The third-order valence-electron chi connectivity index (χ3n) is 3.90. The van der Waals surface area contributed by atoms with Gasteiger partial charge in [0.05, 0.1) is 5.52 Å². The Bertz CT molecular complexity index is 654. The molecule has 2 aromatic heterocycles. The SMILES string of the molecule is CCC(C)(C)n1c2ccccc2c2cccnc21. The van der Waals surface area contributed by atoms with Crippen molar-refractivity contribution in [3.05, 3.63) is 42.6 Å². The third kappa shape index (κ3) is 1.45. The van der Waals surface area contributed by atoms with Crippen molar-refractivity contribution in [1.82, 2.24) is 9.55 Å². The van der Waals surface area contributed by atoms with E-state index in [4.69, 9.17) is 0 Å². The molecule has 0 saturated heterocycles. The first kappa shape index (κ1) is 11.3. The molecule has 3 rings (SSSR count). The van der Waals surface area contributed by atoms with Gasteiger partial charge in [-0.25, -0.2) is 4.98 Å². The van der Waals surface area contributed by atoms with Crippen molar-refractivity contribution < 1.29 is 0 Å². The first-order valence-electron chi connectivity index (χ1n) is 6.50. The number of hydrogen-bond acceptors (Lipinski definition) is 1. The lowest BCUT2D eigenvalue weighted by atomic mass is 10.0. The van der Waals surface area contributed by atoms with Gasteiger partial charge in [0, 0.05) is 22.5 Å². The monoisotopic (exact) mass is 238 g/mol. The number of benzene rings is 1. The maximum atomic E-state index is 4.60. The average Bonchev–Trinajstić information content (AvgIpc) is 2.74. The molecule has 0 aliphatic carbocycles. The highest BCUT2D eigenvalue weighted by atomic mass is 15.1. The molecular formula is C16H18N2. The molecule has 1 aromatic carbocycles. The Morgan fingerprint density at radius 2 is 1.78 bits per heavy atom. The Balaban J connectivity index is 2.53. The molecule has 3 aromatic rings. The minimum Gasteiger partial charge on any atom is -0.320 e. The lowest BCUT2D eigenvalue weighted by Gasteiger charge is -2.27. The van der Waals surface area contributed by atoms with E-state index in [0.717, 1.165) is 12.1 Å². The fourth-order valence-corrected chi connectivity index (χ4v) is 2.57. The van der Waals surface area contributed by atoms with Crippen molar-refractivity contribution in [2.24, 2.45) is 0 Å². The summed E-state index contributed by atoms with van der Waals surface area (Å²) in [4.78, 5) is 4.60. The van der Waals surface area contributed by atoms with Gasteiger partial charge in [0.25, 0.3) is 0 Å². The summed E-state index contributed by atoms with van der Waals surface area (Å²) in [5.41, 5.74) is 2.44. The zero-order chi connectivity index (χ0) is 12.8. The summed E-state index contributed by atoms with van der Waals surface area (Å²) in [5, 5.41) is 2.54. The van der Waals surface area contributed by atoms with E-state index in [-0.39, 0.29) is 5.54 Å². The highest BCUT2D eigenvalue weighted by Gasteiger charge is 2.23. The Labute approximate surface area is 107 Å². The quantitative estimate of drug-likeness (QED) is 0.649. The highest BCUT2D eigenvalue weighted by Crippen LogP contribution is 2.33. The van der Waals surface area contributed by atoms with Gasteiger partial charge in [0.15, 0.2) is 0 Å². The van der Waals surface area contributed by atoms with Crippen molar-refractivity contribution in [1.29, 1.82) is 0 Å². The molecule has 18 heavy (non-hydrogen) atoms. The molecule has 0 amide bonds. The Morgan fingerprint density at radius 3 is 2.56 bits per heavy atom. The van der Waals surface area contributed by atoms with Crippen molar-refractivity contribution in [3.63, 3.8) is 0 Å². The van der Waals surface area contributed by atoms with Crippen molar-refractivity contribution in [3.8, 4) is 0 Å². The summed E-state index contributed by atoms with van der Waals surface area (Å²) in [6, 6.07) is 12.7. The fraction of sp³-hybridized carbons (Fsp3) is 0.312. The maximum Gasteiger partial charge on any atom is 0.141 e. The van der Waals surface area contributed by atoms with Crippen LogP contribution in [0.1, 0.15) is 27.2 Å². The molecular weight excluding hydrogens is 220 g/mol. The number of pyridine rings is 1. The molecule has 0 aliphatic heterocycles. The number of fused-ring (bicyclic) bond motifs is 3. The van der Waals surface area contributed by atoms with Crippen LogP contribution in [0.15, 0.2) is 42.6 Å². The second-order valence-electron chi connectivity index (χ2n) is 5.39. The lowest BCUT2D eigenvalue weighted by molar-refractivity contribution is 0.362. The predicted molar refractivity (Wildman–Crippen MR) is 76.9 cm³/mol. The van der Waals surface area contributed by atoms with Crippen LogP contribution in [-0.4, -0.2) is 9.55 Å². The zero-order valence-electron chi connectivity index (χ0n) is 11.1. The predicted octanol–water partition coefficient (Wildman–Crippen LogP) is 4.33. The molecule has 2 heterocycles. The van der Waals surface area contributed by atoms with Gasteiger partial charge in [0.2, 0.25) is 0 Å². The number of para-hydroxylation sites is 1. The van der Waals surface area contributed by atoms with Gasteiger partial charge in [-0.05, 0) is 38.5 Å². The van der Waals surface area contributed by atoms with E-state index in [1.54, 1.807) is 0 Å². The van der Waals surface area contributed by atoms with Crippen LogP contribution < -0.4 is 0 Å². The minimum absolute atomic E-state index is 0.0791. The Morgan fingerprint density at radius 1 is 1.06 bits per heavy atom. The molecule has 2 heteroatoms. The smallest absolute Gasteiger partial charge is 0.141 e. The molecule has 0 bridgehead atoms. The summed E-state index contributed by atoms with van der Waals surface area (Å²) in [6.45, 7) is 6.77. The summed E-state index contributed by atoms with van der Waals surface area (Å²) in [5.74, 6) is 0. The minimum atomic E-state index is 0.0791. The van der Waals surface area contributed by atoms with Crippen LogP contribution >= 0.6 is 0 Å². The summed E-state index contributed by atoms with van der Waals surface area (Å²) in [7, 11) is 0. The van der Waals surface area contributed by atoms with E-state index in [0.29, 0.717) is 0 Å². The number of nitrogens with zero attached hydrogens (tertiary/aromatic N) is 2. The maximum absolute atomic E-state index is 4.60. The van der Waals surface area contributed by atoms with Crippen LogP contribution in [0.3, 0.4) is 0 Å². The normalized spacial score (nSPS) is 12.4. The Hall–Kier alpha value is -1.83. The second kappa shape index (κ2) is 3.84. The van der Waals surface area contributed by atoms with Gasteiger partial charge in [0.1, 0.15) is 5.65 Å². The second-order valence-corrected chi connectivity index (χ2v) is 5.39. The molecule has 0 atom stereocenters. The summed E-state index contributed by atoms with van der Waals surface area (Å²) in [6.07, 6.45) is 2.96. The van der Waals surface area contributed by atoms with Gasteiger partial charge in [-0.15, -0.1) is 0 Å². The van der Waals surface area contributed by atoms with E-state index in [1.165, 1.54) is 16.3 Å². The first-order chi connectivity index (χ1) is 8.65. The lowest BCUT2D eigenvalue weighted by Crippen LogP contribution is -2.25. The third-order valence-corrected chi connectivity index (χ3v) is 3.90. The van der Waals surface area contributed by atoms with E-state index in [9.17, 15) is 0 Å². The first-order valence-corrected chi connectivity index (χ1v) is 6.50. The molecule has 0 spiro atoms. The van der Waals surface area contributed by atoms with Gasteiger partial charge in [-0.2, -0.15) is 0 Å². The molecule has 0 N–H and O–H groups in total. The number of rotatable bonds is 2. The van der Waals surface area contributed by atoms with E-state index < -0.39 is 0 Å². The molecule has 0 radical (unpaired) electrons. The molecule has 92 valence electrons. The fourth-order valence-electron chi connectivity index (χ4n) is 2.57. The summed E-state index contributed by atoms with van der Waals surface area (Å²) < 4.78 is 2.37. The van der Waals surface area contributed by atoms with Crippen LogP contribution in [0.4, 0.5) is 0 Å². The van der Waals surface area contributed by atoms with E-state index >= 15 is 0 Å². The van der Waals surface area contributed by atoms with Crippen LogP contribution in [0.25, 0.3) is 21.9 Å². The molecule has 0 unspecified atom stereocenters. The zero-order valence-corrected chi connectivity index (χ0v) is 11.1. The molecule has 0 saturated carbocycles.